The number of rotatable bonds is 3. The fourth-order valence-electron chi connectivity index (χ4n) is 4.28. The number of nitrogens with zero attached hydrogens (tertiary/aromatic N) is 2. The van der Waals surface area contributed by atoms with Crippen molar-refractivity contribution in [2.24, 2.45) is 0 Å². The van der Waals surface area contributed by atoms with Crippen LogP contribution in [0, 0.1) is 11.8 Å². The number of amides is 1. The third-order valence-corrected chi connectivity index (χ3v) is 7.27. The summed E-state index contributed by atoms with van der Waals surface area (Å²) < 4.78 is 5.72. The zero-order chi connectivity index (χ0) is 26.0. The Balaban J connectivity index is 1.45. The lowest BCUT2D eigenvalue weighted by Gasteiger charge is -2.31. The molecule has 0 aliphatic carbocycles. The van der Waals surface area contributed by atoms with Gasteiger partial charge in [0.1, 0.15) is 17.0 Å². The molecule has 1 aliphatic heterocycles. The third kappa shape index (κ3) is 5.40. The SMILES string of the molecule is CC(C)(C)OC(=O)N1C(c2cccnc2)SC[C@H]1C(=O)c1c[nH]c2cc(C#Cc3ccccc3)ccc12. The summed E-state index contributed by atoms with van der Waals surface area (Å²) in [4.78, 5) is 36.2. The van der Waals surface area contributed by atoms with Gasteiger partial charge in [-0.1, -0.05) is 42.2 Å². The molecule has 7 heteroatoms. The lowest BCUT2D eigenvalue weighted by atomic mass is 10.0. The predicted octanol–water partition coefficient (Wildman–Crippen LogP) is 6.20. The van der Waals surface area contributed by atoms with Crippen LogP contribution in [0.15, 0.2) is 79.3 Å². The standard InChI is InChI=1S/C30H27N3O3S/c1-30(2,3)36-29(35)33-26(19-37-28(33)22-10-7-15-31-17-22)27(34)24-18-32-25-16-21(13-14-23(24)25)12-11-20-8-5-4-6-9-20/h4-10,13-18,26,28,32H,19H2,1-3H3/t26-,28?/m0/s1. The van der Waals surface area contributed by atoms with Crippen LogP contribution in [0.4, 0.5) is 4.79 Å². The Kier molecular flexibility index (Phi) is 6.77. The lowest BCUT2D eigenvalue weighted by Crippen LogP contribution is -2.45. The average Bonchev–Trinajstić information content (AvgIpc) is 3.52. The largest absolute Gasteiger partial charge is 0.444 e. The molecule has 1 N–H and O–H groups in total. The molecule has 1 amide bonds. The molecule has 186 valence electrons. The van der Waals surface area contributed by atoms with E-state index < -0.39 is 17.7 Å². The summed E-state index contributed by atoms with van der Waals surface area (Å²) in [6.07, 6.45) is 4.62. The Labute approximate surface area is 220 Å². The normalized spacial score (nSPS) is 17.3. The number of H-pyrrole nitrogens is 1. The Bertz CT molecular complexity index is 1500. The van der Waals surface area contributed by atoms with Crippen LogP contribution in [-0.4, -0.2) is 44.1 Å². The van der Waals surface area contributed by atoms with Crippen LogP contribution < -0.4 is 0 Å². The van der Waals surface area contributed by atoms with Gasteiger partial charge in [0, 0.05) is 57.5 Å². The number of ketones is 1. The molecule has 1 aliphatic rings. The molecule has 0 bridgehead atoms. The number of fused-ring (bicyclic) bond motifs is 1. The second kappa shape index (κ2) is 10.2. The zero-order valence-corrected chi connectivity index (χ0v) is 21.7. The Morgan fingerprint density at radius 1 is 1.05 bits per heavy atom. The number of aromatic nitrogens is 2. The van der Waals surface area contributed by atoms with Crippen molar-refractivity contribution in [1.29, 1.82) is 0 Å². The van der Waals surface area contributed by atoms with Crippen LogP contribution in [0.1, 0.15) is 53.2 Å². The topological polar surface area (TPSA) is 75.3 Å². The molecular weight excluding hydrogens is 482 g/mol. The number of thioether (sulfide) groups is 1. The van der Waals surface area contributed by atoms with E-state index in [1.165, 1.54) is 11.8 Å². The third-order valence-electron chi connectivity index (χ3n) is 5.95. The maximum absolute atomic E-state index is 13.8. The van der Waals surface area contributed by atoms with Gasteiger partial charge in [-0.3, -0.25) is 14.7 Å². The first-order valence-electron chi connectivity index (χ1n) is 12.1. The van der Waals surface area contributed by atoms with Crippen LogP contribution in [0.3, 0.4) is 0 Å². The van der Waals surface area contributed by atoms with Crippen molar-refractivity contribution in [2.75, 3.05) is 5.75 Å². The first-order chi connectivity index (χ1) is 17.8. The van der Waals surface area contributed by atoms with Gasteiger partial charge in [-0.15, -0.1) is 11.8 Å². The molecule has 4 aromatic rings. The summed E-state index contributed by atoms with van der Waals surface area (Å²) >= 11 is 1.54. The summed E-state index contributed by atoms with van der Waals surface area (Å²) in [5.41, 5.74) is 3.32. The summed E-state index contributed by atoms with van der Waals surface area (Å²) in [6, 6.07) is 18.6. The van der Waals surface area contributed by atoms with Crippen LogP contribution in [-0.2, 0) is 4.74 Å². The van der Waals surface area contributed by atoms with Crippen molar-refractivity contribution in [3.05, 3.63) is 102 Å². The Morgan fingerprint density at radius 2 is 1.84 bits per heavy atom. The maximum atomic E-state index is 13.8. The highest BCUT2D eigenvalue weighted by atomic mass is 32.2. The smallest absolute Gasteiger partial charge is 0.412 e. The molecule has 6 nitrogen and oxygen atoms in total. The molecule has 1 fully saturated rings. The van der Waals surface area contributed by atoms with E-state index in [-0.39, 0.29) is 11.2 Å². The highest BCUT2D eigenvalue weighted by Gasteiger charge is 2.44. The van der Waals surface area contributed by atoms with Crippen LogP contribution >= 0.6 is 11.8 Å². The van der Waals surface area contributed by atoms with E-state index in [1.807, 2.05) is 81.4 Å². The second-order valence-corrected chi connectivity index (χ2v) is 10.9. The Hall–Kier alpha value is -4.02. The van der Waals surface area contributed by atoms with E-state index in [4.69, 9.17) is 4.74 Å². The molecule has 3 heterocycles. The van der Waals surface area contributed by atoms with Crippen molar-refractivity contribution in [2.45, 2.75) is 37.8 Å². The number of ether oxygens (including phenoxy) is 1. The first-order valence-corrected chi connectivity index (χ1v) is 13.1. The molecule has 0 saturated carbocycles. The number of hydrogen-bond donors (Lipinski definition) is 1. The minimum absolute atomic E-state index is 0.126. The van der Waals surface area contributed by atoms with Crippen LogP contribution in [0.5, 0.6) is 0 Å². The number of nitrogens with one attached hydrogen (secondary N) is 1. The average molecular weight is 510 g/mol. The monoisotopic (exact) mass is 509 g/mol. The lowest BCUT2D eigenvalue weighted by molar-refractivity contribution is 0.0173. The van der Waals surface area contributed by atoms with Crippen molar-refractivity contribution in [3.8, 4) is 11.8 Å². The summed E-state index contributed by atoms with van der Waals surface area (Å²) in [5, 5.41) is 0.441. The van der Waals surface area contributed by atoms with Gasteiger partial charge in [-0.05, 0) is 51.1 Å². The van der Waals surface area contributed by atoms with Gasteiger partial charge in [0.05, 0.1) is 0 Å². The molecule has 37 heavy (non-hydrogen) atoms. The highest BCUT2D eigenvalue weighted by Crippen LogP contribution is 2.43. The number of Topliss-reactive ketones (excluding diaryl/α,β-unsaturated/α-hetero) is 1. The molecule has 2 aromatic carbocycles. The van der Waals surface area contributed by atoms with E-state index in [9.17, 15) is 9.59 Å². The quantitative estimate of drug-likeness (QED) is 0.263. The number of aromatic amines is 1. The van der Waals surface area contributed by atoms with Crippen LogP contribution in [0.25, 0.3) is 10.9 Å². The fourth-order valence-corrected chi connectivity index (χ4v) is 5.68. The zero-order valence-electron chi connectivity index (χ0n) is 20.9. The minimum Gasteiger partial charge on any atom is -0.444 e. The van der Waals surface area contributed by atoms with E-state index >= 15 is 0 Å². The molecule has 2 aromatic heterocycles. The van der Waals surface area contributed by atoms with Gasteiger partial charge in [-0.2, -0.15) is 0 Å². The van der Waals surface area contributed by atoms with Gasteiger partial charge in [-0.25, -0.2) is 4.79 Å². The Morgan fingerprint density at radius 3 is 2.57 bits per heavy atom. The maximum Gasteiger partial charge on any atom is 0.412 e. The number of benzene rings is 2. The van der Waals surface area contributed by atoms with Crippen LogP contribution in [0.2, 0.25) is 0 Å². The van der Waals surface area contributed by atoms with Gasteiger partial charge < -0.3 is 9.72 Å². The van der Waals surface area contributed by atoms with E-state index in [0.29, 0.717) is 11.3 Å². The molecule has 1 saturated heterocycles. The first kappa shape index (κ1) is 24.7. The van der Waals surface area contributed by atoms with E-state index in [2.05, 4.69) is 21.8 Å². The molecule has 1 unspecified atom stereocenters. The second-order valence-electron chi connectivity index (χ2n) is 9.82. The number of hydrogen-bond acceptors (Lipinski definition) is 5. The van der Waals surface area contributed by atoms with Crippen molar-refractivity contribution in [1.82, 2.24) is 14.9 Å². The molecule has 5 rings (SSSR count). The summed E-state index contributed by atoms with van der Waals surface area (Å²) in [7, 11) is 0. The number of pyridine rings is 1. The number of carbonyl (C=O) groups is 2. The van der Waals surface area contributed by atoms with E-state index in [1.54, 1.807) is 23.5 Å². The molecule has 0 spiro atoms. The van der Waals surface area contributed by atoms with Gasteiger partial charge in [0.2, 0.25) is 0 Å². The predicted molar refractivity (Wildman–Crippen MR) is 146 cm³/mol. The van der Waals surface area contributed by atoms with Crippen molar-refractivity contribution < 1.29 is 14.3 Å². The molecule has 0 radical (unpaired) electrons. The van der Waals surface area contributed by atoms with Gasteiger partial charge in [0.15, 0.2) is 5.78 Å². The number of carbonyl (C=O) groups excluding carboxylic acids is 2. The van der Waals surface area contributed by atoms with E-state index in [0.717, 1.165) is 27.6 Å². The van der Waals surface area contributed by atoms with Gasteiger partial charge >= 0.3 is 6.09 Å². The molecular formula is C30H27N3O3S. The highest BCUT2D eigenvalue weighted by molar-refractivity contribution is 7.99. The summed E-state index contributed by atoms with van der Waals surface area (Å²) in [6.45, 7) is 5.46. The van der Waals surface area contributed by atoms with Crippen molar-refractivity contribution in [3.63, 3.8) is 0 Å². The summed E-state index contributed by atoms with van der Waals surface area (Å²) in [5.74, 6) is 6.68. The minimum atomic E-state index is -0.685. The van der Waals surface area contributed by atoms with Gasteiger partial charge in [0.25, 0.3) is 0 Å². The van der Waals surface area contributed by atoms with Crippen molar-refractivity contribution >= 4 is 34.5 Å². The molecule has 2 atom stereocenters. The fraction of sp³-hybridized carbons (Fsp3) is 0.233.